The zero-order valence-corrected chi connectivity index (χ0v) is 20.4. The molecule has 3 aromatic heterocycles. The molecule has 6 nitrogen and oxygen atoms in total. The first-order chi connectivity index (χ1) is 16.6. The summed E-state index contributed by atoms with van der Waals surface area (Å²) in [5.41, 5.74) is 3.99. The number of benzene rings is 2. The van der Waals surface area contributed by atoms with Gasteiger partial charge in [0.25, 0.3) is 5.56 Å². The van der Waals surface area contributed by atoms with E-state index in [0.29, 0.717) is 22.9 Å². The van der Waals surface area contributed by atoms with Gasteiger partial charge in [-0.05, 0) is 67.8 Å². The highest BCUT2D eigenvalue weighted by Crippen LogP contribution is 2.45. The van der Waals surface area contributed by atoms with Crippen LogP contribution in [0.3, 0.4) is 0 Å². The molecule has 1 aliphatic rings. The van der Waals surface area contributed by atoms with Crippen LogP contribution < -0.4 is 5.56 Å². The summed E-state index contributed by atoms with van der Waals surface area (Å²) in [6, 6.07) is 17.7. The second-order valence-electron chi connectivity index (χ2n) is 8.59. The third-order valence-corrected chi connectivity index (χ3v) is 7.94. The molecule has 1 atom stereocenters. The molecule has 0 saturated heterocycles. The molecule has 0 amide bonds. The Morgan fingerprint density at radius 2 is 1.85 bits per heavy atom. The molecule has 3 heterocycles. The minimum Gasteiger partial charge on any atom is -0.419 e. The Morgan fingerprint density at radius 3 is 2.59 bits per heavy atom. The van der Waals surface area contributed by atoms with E-state index in [1.54, 1.807) is 15.9 Å². The first-order valence-electron chi connectivity index (χ1n) is 11.2. The van der Waals surface area contributed by atoms with Gasteiger partial charge < -0.3 is 4.42 Å². The number of hydrogen-bond acceptors (Lipinski definition) is 7. The molecule has 8 heteroatoms. The minimum absolute atomic E-state index is 0.0140. The molecular formula is C26H22N4O2S2. The van der Waals surface area contributed by atoms with Crippen molar-refractivity contribution in [3.8, 4) is 17.1 Å². The average Bonchev–Trinajstić information content (AvgIpc) is 3.40. The molecule has 0 spiro atoms. The summed E-state index contributed by atoms with van der Waals surface area (Å²) in [7, 11) is 0. The average molecular weight is 487 g/mol. The van der Waals surface area contributed by atoms with E-state index in [-0.39, 0.29) is 10.8 Å². The van der Waals surface area contributed by atoms with E-state index in [1.165, 1.54) is 17.3 Å². The van der Waals surface area contributed by atoms with Gasteiger partial charge in [-0.3, -0.25) is 9.36 Å². The van der Waals surface area contributed by atoms with Gasteiger partial charge in [0.15, 0.2) is 5.16 Å². The lowest BCUT2D eigenvalue weighted by atomic mass is 10.1. The van der Waals surface area contributed by atoms with Gasteiger partial charge in [-0.15, -0.1) is 21.5 Å². The second kappa shape index (κ2) is 8.52. The van der Waals surface area contributed by atoms with Gasteiger partial charge in [-0.25, -0.2) is 4.98 Å². The molecule has 0 bridgehead atoms. The quantitative estimate of drug-likeness (QED) is 0.200. The summed E-state index contributed by atoms with van der Waals surface area (Å²) >= 11 is 3.00. The molecule has 6 rings (SSSR count). The number of nitrogens with zero attached hydrogens (tertiary/aromatic N) is 4. The fourth-order valence-electron chi connectivity index (χ4n) is 3.99. The zero-order valence-electron chi connectivity index (χ0n) is 18.8. The van der Waals surface area contributed by atoms with E-state index in [9.17, 15) is 4.79 Å². The Morgan fingerprint density at radius 1 is 1.09 bits per heavy atom. The van der Waals surface area contributed by atoms with Crippen LogP contribution in [0.2, 0.25) is 0 Å². The Hall–Kier alpha value is -3.23. The van der Waals surface area contributed by atoms with Crippen molar-refractivity contribution < 1.29 is 4.42 Å². The van der Waals surface area contributed by atoms with Gasteiger partial charge in [-0.2, -0.15) is 0 Å². The summed E-state index contributed by atoms with van der Waals surface area (Å²) < 4.78 is 7.72. The third-order valence-electron chi connectivity index (χ3n) is 6.01. The molecule has 2 aromatic carbocycles. The van der Waals surface area contributed by atoms with Crippen molar-refractivity contribution in [2.45, 2.75) is 43.0 Å². The van der Waals surface area contributed by atoms with Crippen LogP contribution in [0.15, 0.2) is 74.3 Å². The topological polar surface area (TPSA) is 73.8 Å². The summed E-state index contributed by atoms with van der Waals surface area (Å²) in [6.07, 6.45) is 2.29. The van der Waals surface area contributed by atoms with Crippen molar-refractivity contribution in [2.75, 3.05) is 0 Å². The second-order valence-corrected chi connectivity index (χ2v) is 10.8. The number of thiophene rings is 1. The fraction of sp³-hybridized carbons (Fsp3) is 0.231. The van der Waals surface area contributed by atoms with Crippen molar-refractivity contribution in [2.24, 2.45) is 0 Å². The number of aromatic nitrogens is 4. The van der Waals surface area contributed by atoms with E-state index in [2.05, 4.69) is 15.6 Å². The molecule has 0 aliphatic heterocycles. The van der Waals surface area contributed by atoms with E-state index in [0.717, 1.165) is 39.9 Å². The molecule has 0 N–H and O–H groups in total. The smallest absolute Gasteiger partial charge is 0.267 e. The molecule has 0 radical (unpaired) electrons. The SMILES string of the molecule is Cc1ccc(-c2nnc(C(C)Sc3nc4scc(C5CC5)c4c(=O)n3-c3ccccc3)o2)cc1. The van der Waals surface area contributed by atoms with Crippen molar-refractivity contribution in [3.63, 3.8) is 0 Å². The predicted molar refractivity (Wildman–Crippen MR) is 136 cm³/mol. The van der Waals surface area contributed by atoms with Gasteiger partial charge in [0.05, 0.1) is 16.3 Å². The number of rotatable bonds is 6. The maximum Gasteiger partial charge on any atom is 0.267 e. The number of hydrogen-bond donors (Lipinski definition) is 0. The van der Waals surface area contributed by atoms with Gasteiger partial charge in [0.2, 0.25) is 11.8 Å². The van der Waals surface area contributed by atoms with Gasteiger partial charge in [0, 0.05) is 5.56 Å². The Balaban J connectivity index is 1.40. The Labute approximate surface area is 204 Å². The summed E-state index contributed by atoms with van der Waals surface area (Å²) in [4.78, 5) is 19.5. The Bertz CT molecular complexity index is 1530. The lowest BCUT2D eigenvalue weighted by Crippen LogP contribution is -2.22. The van der Waals surface area contributed by atoms with Crippen LogP contribution >= 0.6 is 23.1 Å². The number of para-hydroxylation sites is 1. The standard InChI is InChI=1S/C26H22N4O2S2/c1-15-8-10-18(11-9-15)23-29-28-22(32-23)16(2)34-26-27-24-21(20(14-33-24)17-12-13-17)25(31)30(26)19-6-4-3-5-7-19/h3-11,14,16-17H,12-13H2,1-2H3. The first-order valence-corrected chi connectivity index (χ1v) is 13.0. The number of aryl methyl sites for hydroxylation is 1. The van der Waals surface area contributed by atoms with E-state index >= 15 is 0 Å². The highest BCUT2D eigenvalue weighted by atomic mass is 32.2. The molecule has 1 fully saturated rings. The third kappa shape index (κ3) is 3.86. The lowest BCUT2D eigenvalue weighted by molar-refractivity contribution is 0.508. The van der Waals surface area contributed by atoms with Gasteiger partial charge >= 0.3 is 0 Å². The molecule has 34 heavy (non-hydrogen) atoms. The highest BCUT2D eigenvalue weighted by Gasteiger charge is 2.29. The van der Waals surface area contributed by atoms with Crippen LogP contribution in [-0.2, 0) is 0 Å². The maximum atomic E-state index is 13.8. The molecule has 170 valence electrons. The maximum absolute atomic E-state index is 13.8. The first kappa shape index (κ1) is 21.3. The predicted octanol–water partition coefficient (Wildman–Crippen LogP) is 6.54. The van der Waals surface area contributed by atoms with Crippen LogP contribution in [0, 0.1) is 6.92 Å². The minimum atomic E-state index is -0.186. The molecule has 1 aliphatic carbocycles. The zero-order chi connectivity index (χ0) is 23.2. The monoisotopic (exact) mass is 486 g/mol. The largest absolute Gasteiger partial charge is 0.419 e. The van der Waals surface area contributed by atoms with Gasteiger partial charge in [-0.1, -0.05) is 47.7 Å². The van der Waals surface area contributed by atoms with Crippen LogP contribution in [0.1, 0.15) is 48.0 Å². The van der Waals surface area contributed by atoms with Crippen LogP contribution in [-0.4, -0.2) is 19.7 Å². The number of fused-ring (bicyclic) bond motifs is 1. The van der Waals surface area contributed by atoms with Crippen molar-refractivity contribution >= 4 is 33.3 Å². The van der Waals surface area contributed by atoms with Crippen LogP contribution in [0.4, 0.5) is 0 Å². The normalized spacial score (nSPS) is 14.5. The molecule has 1 saturated carbocycles. The van der Waals surface area contributed by atoms with Crippen LogP contribution in [0.25, 0.3) is 27.4 Å². The van der Waals surface area contributed by atoms with Crippen molar-refractivity contribution in [1.82, 2.24) is 19.7 Å². The molecule has 1 unspecified atom stereocenters. The summed E-state index contributed by atoms with van der Waals surface area (Å²) in [5, 5.41) is 11.8. The fourth-order valence-corrected chi connectivity index (χ4v) is 6.01. The van der Waals surface area contributed by atoms with Gasteiger partial charge in [0.1, 0.15) is 4.83 Å². The number of thioether (sulfide) groups is 1. The van der Waals surface area contributed by atoms with E-state index in [1.807, 2.05) is 68.4 Å². The lowest BCUT2D eigenvalue weighted by Gasteiger charge is -2.14. The van der Waals surface area contributed by atoms with Crippen LogP contribution in [0.5, 0.6) is 0 Å². The van der Waals surface area contributed by atoms with E-state index in [4.69, 9.17) is 9.40 Å². The van der Waals surface area contributed by atoms with Crippen molar-refractivity contribution in [1.29, 1.82) is 0 Å². The van der Waals surface area contributed by atoms with E-state index < -0.39 is 0 Å². The molecule has 5 aromatic rings. The summed E-state index contributed by atoms with van der Waals surface area (Å²) in [5.74, 6) is 1.47. The molecular weight excluding hydrogens is 464 g/mol. The Kier molecular flexibility index (Phi) is 5.34. The highest BCUT2D eigenvalue weighted by molar-refractivity contribution is 7.99. The van der Waals surface area contributed by atoms with Crippen molar-refractivity contribution in [3.05, 3.63) is 87.3 Å². The summed E-state index contributed by atoms with van der Waals surface area (Å²) in [6.45, 7) is 4.03.